The first-order chi connectivity index (χ1) is 11.8. The van der Waals surface area contributed by atoms with Gasteiger partial charge in [0.1, 0.15) is 6.54 Å². The molecule has 0 aliphatic carbocycles. The van der Waals surface area contributed by atoms with Crippen molar-refractivity contribution in [1.82, 2.24) is 5.32 Å². The molecular weight excluding hydrogens is 337 g/mol. The molecule has 1 heterocycles. The van der Waals surface area contributed by atoms with Crippen molar-refractivity contribution in [1.29, 1.82) is 0 Å². The van der Waals surface area contributed by atoms with Crippen molar-refractivity contribution >= 4 is 11.9 Å². The molecule has 1 aliphatic heterocycles. The van der Waals surface area contributed by atoms with Gasteiger partial charge < -0.3 is 4.74 Å². The summed E-state index contributed by atoms with van der Waals surface area (Å²) in [6.07, 6.45) is -4.78. The SMILES string of the molecule is CCOC(=O)[C@@](NC(=O)CC)([NH+]1CCc2ccccc2C1)C(F)(F)F. The number of quaternary nitrogens is 1. The van der Waals surface area contributed by atoms with Gasteiger partial charge in [0.05, 0.1) is 13.2 Å². The molecule has 138 valence electrons. The lowest BCUT2D eigenvalue weighted by Gasteiger charge is -2.41. The van der Waals surface area contributed by atoms with Crippen LogP contribution in [0.25, 0.3) is 0 Å². The molecule has 0 saturated heterocycles. The first kappa shape index (κ1) is 19.2. The third-order valence-electron chi connectivity index (χ3n) is 4.40. The monoisotopic (exact) mass is 359 g/mol. The van der Waals surface area contributed by atoms with Crippen LogP contribution in [-0.4, -0.2) is 36.9 Å². The summed E-state index contributed by atoms with van der Waals surface area (Å²) in [5.41, 5.74) is -1.43. The van der Waals surface area contributed by atoms with Crippen LogP contribution >= 0.6 is 0 Å². The molecule has 1 aromatic rings. The van der Waals surface area contributed by atoms with Crippen LogP contribution in [0.5, 0.6) is 0 Å². The van der Waals surface area contributed by atoms with E-state index in [4.69, 9.17) is 4.74 Å². The van der Waals surface area contributed by atoms with Crippen molar-refractivity contribution in [3.05, 3.63) is 35.4 Å². The molecular formula is C17H22F3N2O3+. The number of hydrogen-bond donors (Lipinski definition) is 2. The zero-order chi connectivity index (χ0) is 18.7. The Morgan fingerprint density at radius 1 is 1.20 bits per heavy atom. The Morgan fingerprint density at radius 3 is 2.40 bits per heavy atom. The summed E-state index contributed by atoms with van der Waals surface area (Å²) in [4.78, 5) is 24.2. The second-order valence-corrected chi connectivity index (χ2v) is 5.92. The third-order valence-corrected chi connectivity index (χ3v) is 4.40. The first-order valence-electron chi connectivity index (χ1n) is 8.23. The van der Waals surface area contributed by atoms with E-state index in [0.717, 1.165) is 11.1 Å². The molecule has 8 heteroatoms. The molecule has 2 rings (SSSR count). The maximum absolute atomic E-state index is 14.1. The van der Waals surface area contributed by atoms with Crippen LogP contribution in [0.1, 0.15) is 31.4 Å². The average Bonchev–Trinajstić information content (AvgIpc) is 2.58. The van der Waals surface area contributed by atoms with Gasteiger partial charge in [-0.2, -0.15) is 13.2 Å². The molecule has 1 aromatic carbocycles. The molecule has 0 aromatic heterocycles. The Kier molecular flexibility index (Phi) is 5.72. The lowest BCUT2D eigenvalue weighted by Crippen LogP contribution is -3.25. The van der Waals surface area contributed by atoms with Gasteiger partial charge in [0.2, 0.25) is 5.91 Å². The van der Waals surface area contributed by atoms with Gasteiger partial charge in [0.15, 0.2) is 0 Å². The predicted octanol–water partition coefficient (Wildman–Crippen LogP) is 0.975. The third kappa shape index (κ3) is 3.63. The van der Waals surface area contributed by atoms with E-state index in [1.807, 2.05) is 17.4 Å². The first-order valence-corrected chi connectivity index (χ1v) is 8.23. The van der Waals surface area contributed by atoms with Crippen molar-refractivity contribution in [2.45, 2.75) is 45.1 Å². The van der Waals surface area contributed by atoms with Crippen molar-refractivity contribution in [2.24, 2.45) is 0 Å². The van der Waals surface area contributed by atoms with Crippen LogP contribution in [0.15, 0.2) is 24.3 Å². The highest BCUT2D eigenvalue weighted by atomic mass is 19.4. The highest BCUT2D eigenvalue weighted by Crippen LogP contribution is 2.29. The summed E-state index contributed by atoms with van der Waals surface area (Å²) in [5, 5.41) is 1.93. The Morgan fingerprint density at radius 2 is 1.84 bits per heavy atom. The number of esters is 1. The molecule has 0 fully saturated rings. The van der Waals surface area contributed by atoms with E-state index in [0.29, 0.717) is 6.42 Å². The molecule has 0 spiro atoms. The number of carbonyl (C=O) groups excluding carboxylic acids is 2. The fraction of sp³-hybridized carbons (Fsp3) is 0.529. The Hall–Kier alpha value is -2.09. The molecule has 0 saturated carbocycles. The zero-order valence-corrected chi connectivity index (χ0v) is 14.2. The summed E-state index contributed by atoms with van der Waals surface area (Å²) in [6, 6.07) is 7.16. The summed E-state index contributed by atoms with van der Waals surface area (Å²) < 4.78 is 46.9. The van der Waals surface area contributed by atoms with Gasteiger partial charge in [-0.3, -0.25) is 15.0 Å². The Bertz CT molecular complexity index is 648. The quantitative estimate of drug-likeness (QED) is 0.771. The average molecular weight is 359 g/mol. The minimum atomic E-state index is -4.99. The summed E-state index contributed by atoms with van der Waals surface area (Å²) in [7, 11) is 0. The molecule has 5 nitrogen and oxygen atoms in total. The van der Waals surface area contributed by atoms with Gasteiger partial charge in [-0.05, 0) is 12.5 Å². The van der Waals surface area contributed by atoms with Gasteiger partial charge in [-0.25, -0.2) is 4.79 Å². The second-order valence-electron chi connectivity index (χ2n) is 5.92. The van der Waals surface area contributed by atoms with E-state index in [-0.39, 0.29) is 31.0 Å². The fourth-order valence-electron chi connectivity index (χ4n) is 3.11. The fourth-order valence-corrected chi connectivity index (χ4v) is 3.11. The lowest BCUT2D eigenvalue weighted by atomic mass is 9.95. The molecule has 2 atom stereocenters. The van der Waals surface area contributed by atoms with Gasteiger partial charge in [-0.15, -0.1) is 0 Å². The topological polar surface area (TPSA) is 59.8 Å². The van der Waals surface area contributed by atoms with Crippen LogP contribution in [0.3, 0.4) is 0 Å². The van der Waals surface area contributed by atoms with Gasteiger partial charge in [0, 0.05) is 18.4 Å². The van der Waals surface area contributed by atoms with E-state index in [1.54, 1.807) is 12.1 Å². The number of halogens is 3. The van der Waals surface area contributed by atoms with Crippen LogP contribution in [-0.2, 0) is 27.3 Å². The highest BCUT2D eigenvalue weighted by Gasteiger charge is 2.71. The molecule has 2 N–H and O–H groups in total. The van der Waals surface area contributed by atoms with Crippen LogP contribution in [0.4, 0.5) is 13.2 Å². The molecule has 0 bridgehead atoms. The minimum Gasteiger partial charge on any atom is -0.460 e. The van der Waals surface area contributed by atoms with E-state index in [2.05, 4.69) is 0 Å². The number of benzene rings is 1. The largest absolute Gasteiger partial charge is 0.478 e. The maximum atomic E-state index is 14.1. The van der Waals surface area contributed by atoms with E-state index in [9.17, 15) is 22.8 Å². The lowest BCUT2D eigenvalue weighted by molar-refractivity contribution is -0.973. The van der Waals surface area contributed by atoms with Crippen LogP contribution in [0, 0.1) is 0 Å². The van der Waals surface area contributed by atoms with Crippen molar-refractivity contribution in [3.8, 4) is 0 Å². The zero-order valence-electron chi connectivity index (χ0n) is 14.2. The number of fused-ring (bicyclic) bond motifs is 1. The molecule has 1 amide bonds. The normalized spacial score (nSPS) is 19.5. The van der Waals surface area contributed by atoms with Crippen molar-refractivity contribution < 1.29 is 32.4 Å². The number of hydrogen-bond acceptors (Lipinski definition) is 3. The van der Waals surface area contributed by atoms with Gasteiger partial charge in [0.25, 0.3) is 0 Å². The smallest absolute Gasteiger partial charge is 0.460 e. The predicted molar refractivity (Wildman–Crippen MR) is 83.5 cm³/mol. The standard InChI is InChI=1S/C17H21F3N2O3/c1-3-14(23)21-16(17(18,19)20,15(24)25-4-2)22-10-9-12-7-5-6-8-13(12)11-22/h5-8H,3-4,9-11H2,1-2H3,(H,21,23)/p+1/t16-/m1/s1. The number of alkyl halides is 3. The molecule has 25 heavy (non-hydrogen) atoms. The summed E-state index contributed by atoms with van der Waals surface area (Å²) >= 11 is 0. The minimum absolute atomic E-state index is 0.0293. The number of carbonyl (C=O) groups is 2. The van der Waals surface area contributed by atoms with Gasteiger partial charge in [-0.1, -0.05) is 31.2 Å². The number of ether oxygens (including phenoxy) is 1. The van der Waals surface area contributed by atoms with Crippen LogP contribution < -0.4 is 10.2 Å². The molecule has 1 aliphatic rings. The Balaban J connectivity index is 2.49. The van der Waals surface area contributed by atoms with Crippen LogP contribution in [0.2, 0.25) is 0 Å². The second kappa shape index (κ2) is 7.43. The number of amides is 1. The number of nitrogens with one attached hydrogen (secondary N) is 2. The van der Waals surface area contributed by atoms with Crippen molar-refractivity contribution in [3.63, 3.8) is 0 Å². The highest BCUT2D eigenvalue weighted by molar-refractivity contribution is 5.87. The van der Waals surface area contributed by atoms with E-state index >= 15 is 0 Å². The Labute approximate surface area is 144 Å². The van der Waals surface area contributed by atoms with Gasteiger partial charge >= 0.3 is 17.8 Å². The van der Waals surface area contributed by atoms with E-state index in [1.165, 1.54) is 13.8 Å². The van der Waals surface area contributed by atoms with Crippen molar-refractivity contribution in [2.75, 3.05) is 13.2 Å². The maximum Gasteiger partial charge on any atom is 0.478 e. The molecule has 1 unspecified atom stereocenters. The summed E-state index contributed by atoms with van der Waals surface area (Å²) in [5.74, 6) is -2.32. The van der Waals surface area contributed by atoms with E-state index < -0.39 is 23.7 Å². The number of rotatable bonds is 5. The summed E-state index contributed by atoms with van der Waals surface area (Å²) in [6.45, 7) is 2.68. The molecule has 0 radical (unpaired) electrons.